The largest absolute Gasteiger partial charge is 0.494 e. The van der Waals surface area contributed by atoms with Gasteiger partial charge in [-0.05, 0) is 42.8 Å². The van der Waals surface area contributed by atoms with Crippen LogP contribution in [0.3, 0.4) is 0 Å². The highest BCUT2D eigenvalue weighted by atomic mass is 19.1. The van der Waals surface area contributed by atoms with Crippen molar-refractivity contribution in [2.45, 2.75) is 6.42 Å². The number of benzene rings is 1. The third-order valence-electron chi connectivity index (χ3n) is 5.69. The van der Waals surface area contributed by atoms with Crippen molar-refractivity contribution in [3.63, 3.8) is 0 Å². The molecule has 2 aliphatic rings. The molecule has 1 aromatic heterocycles. The molecule has 7 nitrogen and oxygen atoms in total. The summed E-state index contributed by atoms with van der Waals surface area (Å²) in [7, 11) is 0. The molecule has 8 heteroatoms. The number of piperazine rings is 1. The number of aromatic nitrogens is 1. The number of ether oxygens (including phenoxy) is 2. The molecule has 0 spiro atoms. The summed E-state index contributed by atoms with van der Waals surface area (Å²) in [6.45, 7) is 7.79. The van der Waals surface area contributed by atoms with Gasteiger partial charge in [0.1, 0.15) is 17.4 Å². The molecule has 1 aromatic carbocycles. The molecule has 31 heavy (non-hydrogen) atoms. The van der Waals surface area contributed by atoms with E-state index in [1.807, 2.05) is 17.0 Å². The number of rotatable bonds is 7. The molecule has 0 N–H and O–H groups in total. The number of pyridine rings is 1. The second-order valence-corrected chi connectivity index (χ2v) is 7.79. The lowest BCUT2D eigenvalue weighted by Crippen LogP contribution is -2.47. The molecular formula is C23H29FN4O3. The molecule has 0 atom stereocenters. The molecule has 4 rings (SSSR count). The maximum Gasteiger partial charge on any atom is 0.255 e. The highest BCUT2D eigenvalue weighted by molar-refractivity contribution is 5.94. The molecule has 0 aliphatic carbocycles. The van der Waals surface area contributed by atoms with Gasteiger partial charge in [0.15, 0.2) is 0 Å². The monoisotopic (exact) mass is 428 g/mol. The van der Waals surface area contributed by atoms with Crippen LogP contribution < -0.4 is 9.64 Å². The molecule has 2 fully saturated rings. The van der Waals surface area contributed by atoms with Crippen molar-refractivity contribution in [3.05, 3.63) is 54.0 Å². The quantitative estimate of drug-likeness (QED) is 0.631. The number of carbonyl (C=O) groups excluding carboxylic acids is 1. The Morgan fingerprint density at radius 3 is 2.42 bits per heavy atom. The highest BCUT2D eigenvalue weighted by Gasteiger charge is 2.21. The third-order valence-corrected chi connectivity index (χ3v) is 5.69. The first-order valence-corrected chi connectivity index (χ1v) is 10.9. The van der Waals surface area contributed by atoms with Gasteiger partial charge >= 0.3 is 0 Å². The van der Waals surface area contributed by atoms with Crippen molar-refractivity contribution < 1.29 is 18.7 Å². The molecule has 1 amide bonds. The lowest BCUT2D eigenvalue weighted by atomic mass is 10.2. The second kappa shape index (κ2) is 10.5. The Bertz CT molecular complexity index is 833. The number of morpholine rings is 1. The van der Waals surface area contributed by atoms with E-state index in [0.29, 0.717) is 44.2 Å². The number of hydrogen-bond acceptors (Lipinski definition) is 6. The Morgan fingerprint density at radius 2 is 1.74 bits per heavy atom. The van der Waals surface area contributed by atoms with Gasteiger partial charge in [0, 0.05) is 52.0 Å². The standard InChI is InChI=1S/C23H29FN4O3/c24-20-3-5-21(6-4-20)31-15-1-8-26-9-11-27(12-10-26)22-7-2-19(18-25-22)23(29)28-13-16-30-17-14-28/h2-7,18H,1,8-17H2. The van der Waals surface area contributed by atoms with Gasteiger partial charge in [-0.2, -0.15) is 0 Å². The summed E-state index contributed by atoms with van der Waals surface area (Å²) in [5.74, 6) is 1.39. The lowest BCUT2D eigenvalue weighted by molar-refractivity contribution is 0.0302. The second-order valence-electron chi connectivity index (χ2n) is 7.79. The van der Waals surface area contributed by atoms with Crippen LogP contribution in [-0.2, 0) is 4.74 Å². The predicted molar refractivity (Wildman–Crippen MR) is 116 cm³/mol. The van der Waals surface area contributed by atoms with Gasteiger partial charge in [-0.3, -0.25) is 9.69 Å². The van der Waals surface area contributed by atoms with Crippen LogP contribution in [0.2, 0.25) is 0 Å². The van der Waals surface area contributed by atoms with E-state index in [0.717, 1.165) is 45.0 Å². The van der Waals surface area contributed by atoms with Crippen LogP contribution in [0.15, 0.2) is 42.6 Å². The van der Waals surface area contributed by atoms with Gasteiger partial charge in [-0.15, -0.1) is 0 Å². The number of anilines is 1. The first-order chi connectivity index (χ1) is 15.2. The molecule has 0 radical (unpaired) electrons. The first-order valence-electron chi connectivity index (χ1n) is 10.9. The summed E-state index contributed by atoms with van der Waals surface area (Å²) in [6, 6.07) is 9.95. The average molecular weight is 429 g/mol. The van der Waals surface area contributed by atoms with E-state index in [4.69, 9.17) is 9.47 Å². The molecule has 2 aliphatic heterocycles. The fourth-order valence-corrected chi connectivity index (χ4v) is 3.86. The molecule has 0 unspecified atom stereocenters. The fourth-order valence-electron chi connectivity index (χ4n) is 3.86. The van der Waals surface area contributed by atoms with E-state index in [1.165, 1.54) is 12.1 Å². The van der Waals surface area contributed by atoms with Crippen molar-refractivity contribution >= 4 is 11.7 Å². The lowest BCUT2D eigenvalue weighted by Gasteiger charge is -2.35. The van der Waals surface area contributed by atoms with Gasteiger partial charge in [-0.1, -0.05) is 0 Å². The smallest absolute Gasteiger partial charge is 0.255 e. The minimum atomic E-state index is -0.252. The maximum atomic E-state index is 12.9. The third kappa shape index (κ3) is 5.92. The summed E-state index contributed by atoms with van der Waals surface area (Å²) in [4.78, 5) is 23.6. The molecule has 0 saturated carbocycles. The number of nitrogens with zero attached hydrogens (tertiary/aromatic N) is 4. The number of halogens is 1. The van der Waals surface area contributed by atoms with E-state index in [-0.39, 0.29) is 11.7 Å². The minimum Gasteiger partial charge on any atom is -0.494 e. The van der Waals surface area contributed by atoms with E-state index in [1.54, 1.807) is 18.3 Å². The van der Waals surface area contributed by atoms with Gasteiger partial charge in [0.05, 0.1) is 25.4 Å². The number of amides is 1. The Balaban J connectivity index is 1.18. The summed E-state index contributed by atoms with van der Waals surface area (Å²) in [5.41, 5.74) is 0.630. The predicted octanol–water partition coefficient (Wildman–Crippen LogP) is 2.28. The van der Waals surface area contributed by atoms with E-state index in [9.17, 15) is 9.18 Å². The molecule has 0 bridgehead atoms. The van der Waals surface area contributed by atoms with E-state index < -0.39 is 0 Å². The van der Waals surface area contributed by atoms with Crippen LogP contribution in [0.4, 0.5) is 10.2 Å². The Kier molecular flexibility index (Phi) is 7.32. The molecular weight excluding hydrogens is 399 g/mol. The van der Waals surface area contributed by atoms with Crippen molar-refractivity contribution in [2.24, 2.45) is 0 Å². The van der Waals surface area contributed by atoms with Crippen molar-refractivity contribution in [1.82, 2.24) is 14.8 Å². The van der Waals surface area contributed by atoms with Gasteiger partial charge in [0.2, 0.25) is 0 Å². The van der Waals surface area contributed by atoms with Crippen LogP contribution in [0.25, 0.3) is 0 Å². The Labute approximate surface area is 182 Å². The SMILES string of the molecule is O=C(c1ccc(N2CCN(CCCOc3ccc(F)cc3)CC2)nc1)N1CCOCC1. The summed E-state index contributed by atoms with van der Waals surface area (Å²) < 4.78 is 23.9. The van der Waals surface area contributed by atoms with Gasteiger partial charge < -0.3 is 19.3 Å². The normalized spacial score (nSPS) is 17.6. The first kappa shape index (κ1) is 21.5. The summed E-state index contributed by atoms with van der Waals surface area (Å²) >= 11 is 0. The molecule has 2 aromatic rings. The van der Waals surface area contributed by atoms with Gasteiger partial charge in [0.25, 0.3) is 5.91 Å². The maximum absolute atomic E-state index is 12.9. The summed E-state index contributed by atoms with van der Waals surface area (Å²) in [6.07, 6.45) is 2.61. The number of hydrogen-bond donors (Lipinski definition) is 0. The van der Waals surface area contributed by atoms with Crippen molar-refractivity contribution in [1.29, 1.82) is 0 Å². The Hall–Kier alpha value is -2.71. The van der Waals surface area contributed by atoms with Crippen molar-refractivity contribution in [3.8, 4) is 5.75 Å². The molecule has 3 heterocycles. The molecule has 2 saturated heterocycles. The number of carbonyl (C=O) groups is 1. The van der Waals surface area contributed by atoms with E-state index in [2.05, 4.69) is 14.8 Å². The van der Waals surface area contributed by atoms with Crippen molar-refractivity contribution in [2.75, 3.05) is 70.5 Å². The zero-order valence-electron chi connectivity index (χ0n) is 17.7. The fraction of sp³-hybridized carbons (Fsp3) is 0.478. The van der Waals surface area contributed by atoms with Gasteiger partial charge in [-0.25, -0.2) is 9.37 Å². The van der Waals surface area contributed by atoms with Crippen LogP contribution in [0.5, 0.6) is 5.75 Å². The highest BCUT2D eigenvalue weighted by Crippen LogP contribution is 2.16. The van der Waals surface area contributed by atoms with E-state index >= 15 is 0 Å². The van der Waals surface area contributed by atoms with Crippen LogP contribution in [0.1, 0.15) is 16.8 Å². The summed E-state index contributed by atoms with van der Waals surface area (Å²) in [5, 5.41) is 0. The molecule has 166 valence electrons. The topological polar surface area (TPSA) is 58.1 Å². The van der Waals surface area contributed by atoms with Crippen LogP contribution in [-0.4, -0.2) is 86.3 Å². The Morgan fingerprint density at radius 1 is 1.00 bits per heavy atom. The average Bonchev–Trinajstić information content (AvgIpc) is 2.83. The van der Waals surface area contributed by atoms with Crippen LogP contribution >= 0.6 is 0 Å². The zero-order chi connectivity index (χ0) is 21.5. The van der Waals surface area contributed by atoms with Crippen LogP contribution in [0, 0.1) is 5.82 Å². The zero-order valence-corrected chi connectivity index (χ0v) is 17.7. The minimum absolute atomic E-state index is 0.0232.